The molecule has 0 radical (unpaired) electrons. The number of carbonyl (C=O) groups is 1. The molecule has 3 aromatic rings. The fourth-order valence-corrected chi connectivity index (χ4v) is 4.06. The Morgan fingerprint density at radius 3 is 2.17 bits per heavy atom. The first-order valence-corrected chi connectivity index (χ1v) is 9.91. The second-order valence-corrected chi connectivity index (χ2v) is 7.20. The molecule has 0 aliphatic carbocycles. The molecule has 1 aliphatic heterocycles. The number of carbonyl (C=O) groups excluding carboxylic acids is 1. The number of fused-ring (bicyclic) bond motifs is 1. The largest absolute Gasteiger partial charge is 0.497 e. The van der Waals surface area contributed by atoms with E-state index < -0.39 is 0 Å². The number of rotatable bonds is 5. The van der Waals surface area contributed by atoms with Gasteiger partial charge in [-0.2, -0.15) is 0 Å². The van der Waals surface area contributed by atoms with E-state index in [4.69, 9.17) is 14.2 Å². The molecule has 0 saturated heterocycles. The van der Waals surface area contributed by atoms with Gasteiger partial charge in [-0.3, -0.25) is 4.79 Å². The van der Waals surface area contributed by atoms with E-state index in [1.165, 1.54) is 5.56 Å². The molecular weight excluding hydrogens is 378 g/mol. The lowest BCUT2D eigenvalue weighted by Gasteiger charge is -2.38. The standard InChI is InChI=1S/C25H25NO4/c1-28-20-11-9-18(10-12-20)25(27)26-14-13-19-15-22(29-2)23(30-3)16-21(19)24(26)17-7-5-4-6-8-17/h4-12,15-16,24H,13-14H2,1-3H3/t24-/m1/s1. The molecule has 0 fully saturated rings. The maximum absolute atomic E-state index is 13.5. The van der Waals surface area contributed by atoms with Gasteiger partial charge in [-0.25, -0.2) is 0 Å². The molecule has 0 bridgehead atoms. The summed E-state index contributed by atoms with van der Waals surface area (Å²) in [6, 6.07) is 21.2. The molecule has 1 aliphatic rings. The number of benzene rings is 3. The van der Waals surface area contributed by atoms with Crippen LogP contribution in [0.1, 0.15) is 33.1 Å². The number of methoxy groups -OCH3 is 3. The highest BCUT2D eigenvalue weighted by Crippen LogP contribution is 2.41. The van der Waals surface area contributed by atoms with Crippen LogP contribution in [0, 0.1) is 0 Å². The van der Waals surface area contributed by atoms with Gasteiger partial charge in [-0.1, -0.05) is 30.3 Å². The Morgan fingerprint density at radius 1 is 0.867 bits per heavy atom. The average molecular weight is 403 g/mol. The van der Waals surface area contributed by atoms with Crippen LogP contribution in [-0.2, 0) is 6.42 Å². The smallest absolute Gasteiger partial charge is 0.254 e. The minimum atomic E-state index is -0.204. The summed E-state index contributed by atoms with van der Waals surface area (Å²) in [5.74, 6) is 2.09. The van der Waals surface area contributed by atoms with Crippen molar-refractivity contribution in [3.05, 3.63) is 89.0 Å². The van der Waals surface area contributed by atoms with Crippen LogP contribution in [0.15, 0.2) is 66.7 Å². The lowest BCUT2D eigenvalue weighted by atomic mass is 9.87. The van der Waals surface area contributed by atoms with E-state index >= 15 is 0 Å². The highest BCUT2D eigenvalue weighted by atomic mass is 16.5. The van der Waals surface area contributed by atoms with Gasteiger partial charge in [0.25, 0.3) is 5.91 Å². The number of hydrogen-bond acceptors (Lipinski definition) is 4. The molecule has 4 rings (SSSR count). The predicted octanol–water partition coefficient (Wildman–Crippen LogP) is 4.50. The SMILES string of the molecule is COc1ccc(C(=O)N2CCc3cc(OC)c(OC)cc3[C@H]2c2ccccc2)cc1. The summed E-state index contributed by atoms with van der Waals surface area (Å²) in [5.41, 5.74) is 3.93. The Labute approximate surface area is 176 Å². The fraction of sp³-hybridized carbons (Fsp3) is 0.240. The average Bonchev–Trinajstić information content (AvgIpc) is 2.82. The minimum absolute atomic E-state index is 0.00746. The lowest BCUT2D eigenvalue weighted by Crippen LogP contribution is -2.40. The number of amides is 1. The minimum Gasteiger partial charge on any atom is -0.497 e. The Balaban J connectivity index is 1.80. The third-order valence-electron chi connectivity index (χ3n) is 5.59. The Hall–Kier alpha value is -3.47. The van der Waals surface area contributed by atoms with Crippen molar-refractivity contribution in [2.45, 2.75) is 12.5 Å². The van der Waals surface area contributed by atoms with E-state index in [1.807, 2.05) is 59.5 Å². The van der Waals surface area contributed by atoms with Crippen LogP contribution < -0.4 is 14.2 Å². The monoisotopic (exact) mass is 403 g/mol. The van der Waals surface area contributed by atoms with Crippen molar-refractivity contribution in [1.29, 1.82) is 0 Å². The Kier molecular flexibility index (Phi) is 5.61. The van der Waals surface area contributed by atoms with Crippen LogP contribution in [0.5, 0.6) is 17.2 Å². The van der Waals surface area contributed by atoms with Crippen molar-refractivity contribution in [1.82, 2.24) is 4.90 Å². The van der Waals surface area contributed by atoms with Gasteiger partial charge in [0.15, 0.2) is 11.5 Å². The van der Waals surface area contributed by atoms with Gasteiger partial charge >= 0.3 is 0 Å². The van der Waals surface area contributed by atoms with Gasteiger partial charge in [-0.15, -0.1) is 0 Å². The third-order valence-corrected chi connectivity index (χ3v) is 5.59. The van der Waals surface area contributed by atoms with E-state index in [0.717, 1.165) is 23.3 Å². The second-order valence-electron chi connectivity index (χ2n) is 7.20. The molecule has 3 aromatic carbocycles. The summed E-state index contributed by atoms with van der Waals surface area (Å²) in [5, 5.41) is 0. The van der Waals surface area contributed by atoms with Gasteiger partial charge in [-0.05, 0) is 59.5 Å². The first kappa shape index (κ1) is 19.8. The highest BCUT2D eigenvalue weighted by Gasteiger charge is 2.33. The summed E-state index contributed by atoms with van der Waals surface area (Å²) in [6.07, 6.45) is 0.751. The van der Waals surface area contributed by atoms with Crippen molar-refractivity contribution < 1.29 is 19.0 Å². The van der Waals surface area contributed by atoms with Crippen LogP contribution in [-0.4, -0.2) is 38.7 Å². The van der Waals surface area contributed by atoms with Gasteiger partial charge in [0.05, 0.1) is 27.4 Å². The summed E-state index contributed by atoms with van der Waals surface area (Å²) < 4.78 is 16.3. The zero-order valence-corrected chi connectivity index (χ0v) is 17.4. The molecule has 5 nitrogen and oxygen atoms in total. The van der Waals surface area contributed by atoms with E-state index in [1.54, 1.807) is 21.3 Å². The van der Waals surface area contributed by atoms with Crippen molar-refractivity contribution in [2.24, 2.45) is 0 Å². The van der Waals surface area contributed by atoms with Crippen LogP contribution in [0.4, 0.5) is 0 Å². The highest BCUT2D eigenvalue weighted by molar-refractivity contribution is 5.95. The summed E-state index contributed by atoms with van der Waals surface area (Å²) in [7, 11) is 4.89. The first-order valence-electron chi connectivity index (χ1n) is 9.91. The maximum Gasteiger partial charge on any atom is 0.254 e. The van der Waals surface area contributed by atoms with Gasteiger partial charge < -0.3 is 19.1 Å². The van der Waals surface area contributed by atoms with Crippen molar-refractivity contribution in [2.75, 3.05) is 27.9 Å². The molecule has 0 aromatic heterocycles. The maximum atomic E-state index is 13.5. The van der Waals surface area contributed by atoms with Gasteiger partial charge in [0, 0.05) is 12.1 Å². The molecular formula is C25H25NO4. The molecule has 0 saturated carbocycles. The molecule has 0 unspecified atom stereocenters. The van der Waals surface area contributed by atoms with Gasteiger partial charge in [0.2, 0.25) is 0 Å². The van der Waals surface area contributed by atoms with E-state index in [2.05, 4.69) is 12.1 Å². The predicted molar refractivity (Wildman–Crippen MR) is 116 cm³/mol. The van der Waals surface area contributed by atoms with Gasteiger partial charge in [0.1, 0.15) is 5.75 Å². The Morgan fingerprint density at radius 2 is 1.53 bits per heavy atom. The third kappa shape index (κ3) is 3.59. The van der Waals surface area contributed by atoms with E-state index in [-0.39, 0.29) is 11.9 Å². The number of nitrogens with zero attached hydrogens (tertiary/aromatic N) is 1. The van der Waals surface area contributed by atoms with Crippen molar-refractivity contribution in [3.63, 3.8) is 0 Å². The van der Waals surface area contributed by atoms with E-state index in [9.17, 15) is 4.79 Å². The van der Waals surface area contributed by atoms with Crippen LogP contribution in [0.2, 0.25) is 0 Å². The fourth-order valence-electron chi connectivity index (χ4n) is 4.06. The van der Waals surface area contributed by atoms with Crippen molar-refractivity contribution >= 4 is 5.91 Å². The molecule has 1 heterocycles. The molecule has 154 valence electrons. The Bertz CT molecular complexity index is 1030. The topological polar surface area (TPSA) is 48.0 Å². The summed E-state index contributed by atoms with van der Waals surface area (Å²) >= 11 is 0. The molecule has 0 spiro atoms. The van der Waals surface area contributed by atoms with Crippen LogP contribution in [0.25, 0.3) is 0 Å². The summed E-state index contributed by atoms with van der Waals surface area (Å²) in [6.45, 7) is 0.618. The molecule has 5 heteroatoms. The molecule has 1 amide bonds. The number of hydrogen-bond donors (Lipinski definition) is 0. The molecule has 0 N–H and O–H groups in total. The zero-order valence-electron chi connectivity index (χ0n) is 17.4. The zero-order chi connectivity index (χ0) is 21.1. The lowest BCUT2D eigenvalue weighted by molar-refractivity contribution is 0.0694. The quantitative estimate of drug-likeness (QED) is 0.629. The molecule has 1 atom stereocenters. The molecule has 30 heavy (non-hydrogen) atoms. The second kappa shape index (κ2) is 8.49. The van der Waals surface area contributed by atoms with Crippen LogP contribution >= 0.6 is 0 Å². The van der Waals surface area contributed by atoms with Crippen LogP contribution in [0.3, 0.4) is 0 Å². The summed E-state index contributed by atoms with van der Waals surface area (Å²) in [4.78, 5) is 15.4. The van der Waals surface area contributed by atoms with Crippen molar-refractivity contribution in [3.8, 4) is 17.2 Å². The number of ether oxygens (including phenoxy) is 3. The normalized spacial score (nSPS) is 15.3. The van der Waals surface area contributed by atoms with E-state index in [0.29, 0.717) is 23.6 Å². The first-order chi connectivity index (χ1) is 14.7.